The molecule has 1 atom stereocenters. The molecule has 0 radical (unpaired) electrons. The van der Waals surface area contributed by atoms with Crippen molar-refractivity contribution in [3.05, 3.63) is 23.3 Å². The van der Waals surface area contributed by atoms with Crippen molar-refractivity contribution in [1.29, 1.82) is 0 Å². The number of aliphatic carboxylic acids is 1. The molecule has 6 nitrogen and oxygen atoms in total. The van der Waals surface area contributed by atoms with Gasteiger partial charge in [-0.25, -0.2) is 0 Å². The van der Waals surface area contributed by atoms with E-state index in [1.54, 1.807) is 12.1 Å². The molecule has 0 heterocycles. The minimum absolute atomic E-state index is 0.191. The lowest BCUT2D eigenvalue weighted by atomic mass is 9.99. The van der Waals surface area contributed by atoms with Crippen LogP contribution in [0.5, 0.6) is 11.5 Å². The van der Waals surface area contributed by atoms with Gasteiger partial charge in [0.15, 0.2) is 0 Å². The van der Waals surface area contributed by atoms with Crippen molar-refractivity contribution in [1.82, 2.24) is 0 Å². The zero-order valence-electron chi connectivity index (χ0n) is 10.6. The molecule has 1 unspecified atom stereocenters. The Morgan fingerprint density at radius 3 is 2.28 bits per heavy atom. The lowest BCUT2D eigenvalue weighted by Crippen LogP contribution is -2.23. The zero-order chi connectivity index (χ0) is 13.7. The summed E-state index contributed by atoms with van der Waals surface area (Å²) in [7, 11) is 4.46. The van der Waals surface area contributed by atoms with Gasteiger partial charge in [0.25, 0.3) is 0 Å². The number of hydrogen-bond acceptors (Lipinski definition) is 5. The fourth-order valence-corrected chi connectivity index (χ4v) is 1.75. The van der Waals surface area contributed by atoms with Crippen LogP contribution in [0.1, 0.15) is 17.2 Å². The molecule has 0 saturated carbocycles. The van der Waals surface area contributed by atoms with Gasteiger partial charge in [-0.2, -0.15) is 0 Å². The molecule has 100 valence electrons. The summed E-state index contributed by atoms with van der Waals surface area (Å²) < 4.78 is 15.4. The van der Waals surface area contributed by atoms with E-state index in [4.69, 9.17) is 25.1 Å². The van der Waals surface area contributed by atoms with Gasteiger partial charge >= 0.3 is 5.97 Å². The number of carboxylic acids is 1. The number of rotatable bonds is 6. The molecule has 0 aliphatic carbocycles. The summed E-state index contributed by atoms with van der Waals surface area (Å²) in [5.74, 6) is -0.221. The first-order valence-corrected chi connectivity index (χ1v) is 5.27. The standard InChI is InChI=1S/C12H17NO5/c1-16-6-7-8(17-2)4-5-9(18-3)10(7)11(13)12(14)15/h4-5,11H,6,13H2,1-3H3,(H,14,15). The molecule has 1 aromatic rings. The highest BCUT2D eigenvalue weighted by molar-refractivity contribution is 5.77. The van der Waals surface area contributed by atoms with Crippen molar-refractivity contribution in [2.45, 2.75) is 12.6 Å². The van der Waals surface area contributed by atoms with Crippen LogP contribution in [0.4, 0.5) is 0 Å². The Labute approximate surface area is 105 Å². The summed E-state index contributed by atoms with van der Waals surface area (Å²) in [5.41, 5.74) is 6.62. The second-order valence-electron chi connectivity index (χ2n) is 3.61. The summed E-state index contributed by atoms with van der Waals surface area (Å²) in [5, 5.41) is 9.05. The highest BCUT2D eigenvalue weighted by atomic mass is 16.5. The second kappa shape index (κ2) is 6.23. The molecule has 18 heavy (non-hydrogen) atoms. The first-order chi connectivity index (χ1) is 8.56. The monoisotopic (exact) mass is 255 g/mol. The van der Waals surface area contributed by atoms with Crippen molar-refractivity contribution in [3.8, 4) is 11.5 Å². The van der Waals surface area contributed by atoms with E-state index in [1.165, 1.54) is 21.3 Å². The maximum Gasteiger partial charge on any atom is 0.325 e. The SMILES string of the molecule is COCc1c(OC)ccc(OC)c1C(N)C(=O)O. The fourth-order valence-electron chi connectivity index (χ4n) is 1.75. The normalized spacial score (nSPS) is 12.0. The van der Waals surface area contributed by atoms with Crippen LogP contribution in [0.3, 0.4) is 0 Å². The molecular weight excluding hydrogens is 238 g/mol. The van der Waals surface area contributed by atoms with E-state index in [-0.39, 0.29) is 6.61 Å². The van der Waals surface area contributed by atoms with Gasteiger partial charge < -0.3 is 25.1 Å². The third-order valence-corrected chi connectivity index (χ3v) is 2.58. The van der Waals surface area contributed by atoms with Crippen molar-refractivity contribution >= 4 is 5.97 Å². The van der Waals surface area contributed by atoms with E-state index >= 15 is 0 Å². The average Bonchev–Trinajstić information content (AvgIpc) is 2.37. The third kappa shape index (κ3) is 2.72. The van der Waals surface area contributed by atoms with Gasteiger partial charge in [-0.3, -0.25) is 4.79 Å². The summed E-state index contributed by atoms with van der Waals surface area (Å²) in [6.45, 7) is 0.191. The van der Waals surface area contributed by atoms with Gasteiger partial charge in [0.05, 0.1) is 20.8 Å². The molecule has 0 fully saturated rings. The number of methoxy groups -OCH3 is 3. The van der Waals surface area contributed by atoms with E-state index in [0.717, 1.165) is 0 Å². The first-order valence-electron chi connectivity index (χ1n) is 5.27. The zero-order valence-corrected chi connectivity index (χ0v) is 10.6. The molecular formula is C12H17NO5. The summed E-state index contributed by atoms with van der Waals surface area (Å²) in [6, 6.07) is 2.11. The van der Waals surface area contributed by atoms with E-state index in [1.807, 2.05) is 0 Å². The van der Waals surface area contributed by atoms with Gasteiger partial charge in [-0.15, -0.1) is 0 Å². The topological polar surface area (TPSA) is 91.0 Å². The van der Waals surface area contributed by atoms with Crippen molar-refractivity contribution in [3.63, 3.8) is 0 Å². The molecule has 6 heteroatoms. The van der Waals surface area contributed by atoms with Gasteiger partial charge in [0, 0.05) is 18.2 Å². The van der Waals surface area contributed by atoms with Gasteiger partial charge in [-0.1, -0.05) is 0 Å². The van der Waals surface area contributed by atoms with Crippen LogP contribution < -0.4 is 15.2 Å². The van der Waals surface area contributed by atoms with Crippen LogP contribution in [0.25, 0.3) is 0 Å². The molecule has 1 aromatic carbocycles. The smallest absolute Gasteiger partial charge is 0.325 e. The predicted molar refractivity (Wildman–Crippen MR) is 64.8 cm³/mol. The van der Waals surface area contributed by atoms with Crippen molar-refractivity contribution in [2.24, 2.45) is 5.73 Å². The van der Waals surface area contributed by atoms with Crippen LogP contribution in [0.2, 0.25) is 0 Å². The number of carboxylic acid groups (broad SMARTS) is 1. The lowest BCUT2D eigenvalue weighted by molar-refractivity contribution is -0.138. The highest BCUT2D eigenvalue weighted by Gasteiger charge is 2.25. The summed E-state index contributed by atoms with van der Waals surface area (Å²) >= 11 is 0. The van der Waals surface area contributed by atoms with Gasteiger partial charge in [0.1, 0.15) is 17.5 Å². The van der Waals surface area contributed by atoms with Crippen molar-refractivity contribution in [2.75, 3.05) is 21.3 Å². The number of hydrogen-bond donors (Lipinski definition) is 2. The summed E-state index contributed by atoms with van der Waals surface area (Å²) in [4.78, 5) is 11.1. The Bertz CT molecular complexity index is 433. The molecule has 0 amide bonds. The fraction of sp³-hybridized carbons (Fsp3) is 0.417. The van der Waals surface area contributed by atoms with Crippen LogP contribution >= 0.6 is 0 Å². The van der Waals surface area contributed by atoms with Crippen LogP contribution in [0.15, 0.2) is 12.1 Å². The van der Waals surface area contributed by atoms with E-state index in [2.05, 4.69) is 0 Å². The Morgan fingerprint density at radius 1 is 1.28 bits per heavy atom. The van der Waals surface area contributed by atoms with Crippen LogP contribution in [0, 0.1) is 0 Å². The molecule has 0 spiro atoms. The van der Waals surface area contributed by atoms with Crippen LogP contribution in [-0.2, 0) is 16.1 Å². The highest BCUT2D eigenvalue weighted by Crippen LogP contribution is 2.34. The molecule has 0 saturated heterocycles. The van der Waals surface area contributed by atoms with E-state index in [9.17, 15) is 4.79 Å². The first kappa shape index (κ1) is 14.3. The largest absolute Gasteiger partial charge is 0.496 e. The second-order valence-corrected chi connectivity index (χ2v) is 3.61. The predicted octanol–water partition coefficient (Wildman–Crippen LogP) is 0.935. The van der Waals surface area contributed by atoms with Gasteiger partial charge in [0.2, 0.25) is 0 Å². The Morgan fingerprint density at radius 2 is 1.83 bits per heavy atom. The lowest BCUT2D eigenvalue weighted by Gasteiger charge is -2.19. The Kier molecular flexibility index (Phi) is 4.94. The quantitative estimate of drug-likeness (QED) is 0.786. The minimum Gasteiger partial charge on any atom is -0.496 e. The van der Waals surface area contributed by atoms with Gasteiger partial charge in [-0.05, 0) is 12.1 Å². The van der Waals surface area contributed by atoms with E-state index < -0.39 is 12.0 Å². The molecule has 0 bridgehead atoms. The Hall–Kier alpha value is -1.79. The molecule has 0 aliphatic heterocycles. The Balaban J connectivity index is 3.44. The average molecular weight is 255 g/mol. The number of benzene rings is 1. The maximum atomic E-state index is 11.1. The molecule has 1 rings (SSSR count). The van der Waals surface area contributed by atoms with Crippen LogP contribution in [-0.4, -0.2) is 32.4 Å². The van der Waals surface area contributed by atoms with E-state index in [0.29, 0.717) is 22.6 Å². The number of carbonyl (C=O) groups is 1. The maximum absolute atomic E-state index is 11.1. The molecule has 0 aromatic heterocycles. The summed E-state index contributed by atoms with van der Waals surface area (Å²) in [6.07, 6.45) is 0. The number of nitrogens with two attached hydrogens (primary N) is 1. The minimum atomic E-state index is -1.19. The third-order valence-electron chi connectivity index (χ3n) is 2.58. The molecule has 0 aliphatic rings. The molecule has 3 N–H and O–H groups in total. The van der Waals surface area contributed by atoms with Crippen molar-refractivity contribution < 1.29 is 24.1 Å². The number of ether oxygens (including phenoxy) is 3.